The smallest absolute Gasteiger partial charge is 0.240 e. The summed E-state index contributed by atoms with van der Waals surface area (Å²) in [5, 5.41) is 0. The molecule has 1 saturated heterocycles. The van der Waals surface area contributed by atoms with Crippen molar-refractivity contribution >= 4 is 23.0 Å². The molecule has 160 valence electrons. The third kappa shape index (κ3) is 2.59. The van der Waals surface area contributed by atoms with Crippen molar-refractivity contribution in [1.29, 1.82) is 0 Å². The van der Waals surface area contributed by atoms with Crippen LogP contribution >= 0.6 is 0 Å². The van der Waals surface area contributed by atoms with E-state index in [4.69, 9.17) is 4.74 Å². The van der Waals surface area contributed by atoms with E-state index in [1.54, 1.807) is 7.11 Å². The summed E-state index contributed by atoms with van der Waals surface area (Å²) in [6, 6.07) is 13.3. The molecule has 3 aliphatic rings. The molecule has 2 aromatic carbocycles. The van der Waals surface area contributed by atoms with Crippen molar-refractivity contribution in [3.8, 4) is 5.75 Å². The van der Waals surface area contributed by atoms with E-state index in [0.717, 1.165) is 28.1 Å². The average Bonchev–Trinajstić information content (AvgIpc) is 3.22. The number of hydrogen-bond donors (Lipinski definition) is 0. The number of methoxy groups -OCH3 is 1. The highest BCUT2D eigenvalue weighted by Crippen LogP contribution is 2.57. The summed E-state index contributed by atoms with van der Waals surface area (Å²) in [7, 11) is 3.64. The average molecular weight is 417 g/mol. The SMILES string of the molecule is COc1cc2c3c(c1)C1(CN(C)CC1C(=O)c1ccccc1)C(=O)N3C(C)(C)C=C2C. The standard InChI is InChI=1S/C26H28N2O3/c1-16-13-25(2,3)28-22-19(16)11-18(31-5)12-20(22)26(24(28)30)15-27(4)14-21(26)23(29)17-9-7-6-8-10-17/h6-13,21H,14-15H2,1-5H3. The number of ketones is 1. The molecule has 2 aromatic rings. The summed E-state index contributed by atoms with van der Waals surface area (Å²) >= 11 is 0. The number of anilines is 1. The normalized spacial score (nSPS) is 26.2. The molecular weight excluding hydrogens is 388 g/mol. The van der Waals surface area contributed by atoms with Gasteiger partial charge in [-0.25, -0.2) is 0 Å². The Balaban J connectivity index is 1.78. The van der Waals surface area contributed by atoms with Crippen molar-refractivity contribution in [3.63, 3.8) is 0 Å². The molecule has 1 amide bonds. The lowest BCUT2D eigenvalue weighted by atomic mass is 9.70. The summed E-state index contributed by atoms with van der Waals surface area (Å²) in [5.74, 6) is 0.308. The van der Waals surface area contributed by atoms with E-state index in [0.29, 0.717) is 18.7 Å². The van der Waals surface area contributed by atoms with Gasteiger partial charge in [0.1, 0.15) is 11.2 Å². The molecule has 0 bridgehead atoms. The van der Waals surface area contributed by atoms with Crippen LogP contribution in [-0.4, -0.2) is 49.4 Å². The number of nitrogens with zero attached hydrogens (tertiary/aromatic N) is 2. The number of likely N-dealkylation sites (tertiary alicyclic amines) is 1. The second kappa shape index (κ2) is 6.54. The van der Waals surface area contributed by atoms with Crippen LogP contribution in [0.25, 0.3) is 5.57 Å². The summed E-state index contributed by atoms with van der Waals surface area (Å²) in [4.78, 5) is 32.1. The van der Waals surface area contributed by atoms with Crippen LogP contribution in [-0.2, 0) is 10.2 Å². The third-order valence-corrected chi connectivity index (χ3v) is 7.16. The Bertz CT molecular complexity index is 1130. The Morgan fingerprint density at radius 2 is 1.87 bits per heavy atom. The van der Waals surface area contributed by atoms with Gasteiger partial charge in [0.05, 0.1) is 24.3 Å². The van der Waals surface area contributed by atoms with Gasteiger partial charge >= 0.3 is 0 Å². The van der Waals surface area contributed by atoms with Crippen molar-refractivity contribution in [3.05, 3.63) is 65.2 Å². The highest BCUT2D eigenvalue weighted by Gasteiger charge is 2.64. The number of Topliss-reactive ketones (excluding diaryl/α,β-unsaturated/α-hetero) is 1. The van der Waals surface area contributed by atoms with Gasteiger partial charge in [-0.3, -0.25) is 9.59 Å². The van der Waals surface area contributed by atoms with Gasteiger partial charge in [-0.1, -0.05) is 36.4 Å². The first kappa shape index (κ1) is 20.0. The molecule has 5 heteroatoms. The quantitative estimate of drug-likeness (QED) is 0.712. The fraction of sp³-hybridized carbons (Fsp3) is 0.385. The molecule has 0 aliphatic carbocycles. The maximum absolute atomic E-state index is 14.3. The number of likely N-dealkylation sites (N-methyl/N-ethyl adjacent to an activating group) is 1. The van der Waals surface area contributed by atoms with Crippen molar-refractivity contribution in [2.45, 2.75) is 31.7 Å². The Kier molecular flexibility index (Phi) is 4.22. The summed E-state index contributed by atoms with van der Waals surface area (Å²) < 4.78 is 5.63. The van der Waals surface area contributed by atoms with Crippen LogP contribution in [0.3, 0.4) is 0 Å². The van der Waals surface area contributed by atoms with Crippen molar-refractivity contribution in [1.82, 2.24) is 4.90 Å². The number of rotatable bonds is 3. The zero-order valence-electron chi connectivity index (χ0n) is 18.7. The van der Waals surface area contributed by atoms with E-state index >= 15 is 0 Å². The number of carbonyl (C=O) groups excluding carboxylic acids is 2. The van der Waals surface area contributed by atoms with Crippen LogP contribution in [0.2, 0.25) is 0 Å². The molecule has 5 rings (SSSR count). The molecule has 0 radical (unpaired) electrons. The first-order valence-corrected chi connectivity index (χ1v) is 10.8. The van der Waals surface area contributed by atoms with E-state index in [1.807, 2.05) is 54.4 Å². The minimum absolute atomic E-state index is 0.0179. The molecule has 31 heavy (non-hydrogen) atoms. The Hall–Kier alpha value is -2.92. The molecule has 0 aromatic heterocycles. The Labute approximate surface area is 183 Å². The number of fused-ring (bicyclic) bond motifs is 1. The highest BCUT2D eigenvalue weighted by atomic mass is 16.5. The van der Waals surface area contributed by atoms with Gasteiger partial charge in [0.2, 0.25) is 5.91 Å². The van der Waals surface area contributed by atoms with Crippen molar-refractivity contribution < 1.29 is 14.3 Å². The summed E-state index contributed by atoms with van der Waals surface area (Å²) in [6.07, 6.45) is 2.14. The van der Waals surface area contributed by atoms with Gasteiger partial charge in [-0.2, -0.15) is 0 Å². The Morgan fingerprint density at radius 1 is 1.16 bits per heavy atom. The van der Waals surface area contributed by atoms with E-state index in [2.05, 4.69) is 31.7 Å². The van der Waals surface area contributed by atoms with Gasteiger partial charge in [0.15, 0.2) is 5.78 Å². The number of carbonyl (C=O) groups is 2. The number of allylic oxidation sites excluding steroid dienone is 1. The largest absolute Gasteiger partial charge is 0.497 e. The van der Waals surface area contributed by atoms with Gasteiger partial charge in [0, 0.05) is 24.2 Å². The van der Waals surface area contributed by atoms with Crippen LogP contribution in [0.15, 0.2) is 48.5 Å². The minimum Gasteiger partial charge on any atom is -0.497 e. The molecule has 0 saturated carbocycles. The van der Waals surface area contributed by atoms with E-state index in [1.165, 1.54) is 0 Å². The van der Waals surface area contributed by atoms with Gasteiger partial charge in [-0.15, -0.1) is 0 Å². The molecule has 2 atom stereocenters. The van der Waals surface area contributed by atoms with E-state index in [9.17, 15) is 9.59 Å². The second-order valence-corrected chi connectivity index (χ2v) is 9.64. The molecule has 0 N–H and O–H groups in total. The fourth-order valence-corrected chi connectivity index (χ4v) is 5.91. The van der Waals surface area contributed by atoms with Crippen molar-refractivity contribution in [2.75, 3.05) is 32.1 Å². The Morgan fingerprint density at radius 3 is 2.55 bits per heavy atom. The number of ether oxygens (including phenoxy) is 1. The summed E-state index contributed by atoms with van der Waals surface area (Å²) in [6.45, 7) is 7.28. The lowest BCUT2D eigenvalue weighted by molar-refractivity contribution is -0.124. The molecule has 3 aliphatic heterocycles. The number of benzene rings is 2. The first-order chi connectivity index (χ1) is 14.7. The van der Waals surface area contributed by atoms with Gasteiger partial charge < -0.3 is 14.5 Å². The van der Waals surface area contributed by atoms with Gasteiger partial charge in [0.25, 0.3) is 0 Å². The molecule has 5 nitrogen and oxygen atoms in total. The first-order valence-electron chi connectivity index (χ1n) is 10.8. The zero-order chi connectivity index (χ0) is 22.1. The number of hydrogen-bond acceptors (Lipinski definition) is 4. The van der Waals surface area contributed by atoms with Crippen LogP contribution < -0.4 is 9.64 Å². The van der Waals surface area contributed by atoms with Gasteiger partial charge in [-0.05, 0) is 51.1 Å². The van der Waals surface area contributed by atoms with Crippen molar-refractivity contribution in [2.24, 2.45) is 5.92 Å². The predicted molar refractivity (Wildman–Crippen MR) is 122 cm³/mol. The second-order valence-electron chi connectivity index (χ2n) is 9.64. The van der Waals surface area contributed by atoms with Crippen LogP contribution in [0, 0.1) is 5.92 Å². The topological polar surface area (TPSA) is 49.9 Å². The summed E-state index contributed by atoms with van der Waals surface area (Å²) in [5.41, 5.74) is 3.26. The van der Waals surface area contributed by atoms with E-state index in [-0.39, 0.29) is 11.7 Å². The molecule has 1 fully saturated rings. The highest BCUT2D eigenvalue weighted by molar-refractivity contribution is 6.17. The maximum Gasteiger partial charge on any atom is 0.240 e. The molecule has 2 unspecified atom stereocenters. The maximum atomic E-state index is 14.3. The predicted octanol–water partition coefficient (Wildman–Crippen LogP) is 3.92. The minimum atomic E-state index is -0.921. The lowest BCUT2D eigenvalue weighted by Crippen LogP contribution is -2.54. The third-order valence-electron chi connectivity index (χ3n) is 7.16. The van der Waals surface area contributed by atoms with Crippen LogP contribution in [0.5, 0.6) is 5.75 Å². The fourth-order valence-electron chi connectivity index (χ4n) is 5.91. The molecular formula is C26H28N2O3. The number of amides is 1. The van der Waals surface area contributed by atoms with Crippen LogP contribution in [0.1, 0.15) is 42.3 Å². The van der Waals surface area contributed by atoms with E-state index < -0.39 is 16.9 Å². The van der Waals surface area contributed by atoms with Crippen LogP contribution in [0.4, 0.5) is 5.69 Å². The monoisotopic (exact) mass is 416 g/mol. The molecule has 3 heterocycles. The molecule has 1 spiro atoms. The lowest BCUT2D eigenvalue weighted by Gasteiger charge is -2.39. The zero-order valence-corrected chi connectivity index (χ0v) is 18.7.